The Balaban J connectivity index is 2.73. The molecule has 18 heavy (non-hydrogen) atoms. The van der Waals surface area contributed by atoms with Crippen molar-refractivity contribution in [3.05, 3.63) is 0 Å². The maximum absolute atomic E-state index is 12.0. The Morgan fingerprint density at radius 2 is 1.89 bits per heavy atom. The van der Waals surface area contributed by atoms with E-state index >= 15 is 0 Å². The average molecular weight is 256 g/mol. The molecule has 0 aromatic heterocycles. The molecule has 0 heterocycles. The number of ether oxygens (including phenoxy) is 1. The lowest BCUT2D eigenvalue weighted by atomic mass is 9.63. The van der Waals surface area contributed by atoms with Gasteiger partial charge in [0.1, 0.15) is 0 Å². The minimum Gasteiger partial charge on any atom is -0.465 e. The highest BCUT2D eigenvalue weighted by Crippen LogP contribution is 2.45. The van der Waals surface area contributed by atoms with Crippen molar-refractivity contribution in [3.8, 4) is 0 Å². The molecule has 1 rings (SSSR count). The van der Waals surface area contributed by atoms with Crippen molar-refractivity contribution < 1.29 is 14.6 Å². The zero-order chi connectivity index (χ0) is 14.0. The largest absolute Gasteiger partial charge is 0.465 e. The van der Waals surface area contributed by atoms with E-state index in [4.69, 9.17) is 4.74 Å². The number of esters is 1. The van der Waals surface area contributed by atoms with Crippen molar-refractivity contribution in [3.63, 3.8) is 0 Å². The third kappa shape index (κ3) is 2.87. The van der Waals surface area contributed by atoms with E-state index in [1.54, 1.807) is 20.8 Å². The van der Waals surface area contributed by atoms with Crippen molar-refractivity contribution in [1.82, 2.24) is 0 Å². The molecule has 0 amide bonds. The lowest BCUT2D eigenvalue weighted by Gasteiger charge is -2.45. The van der Waals surface area contributed by atoms with Crippen LogP contribution in [0.3, 0.4) is 0 Å². The Bertz CT molecular complexity index is 286. The molecule has 1 saturated carbocycles. The van der Waals surface area contributed by atoms with Crippen LogP contribution in [0.4, 0.5) is 0 Å². The van der Waals surface area contributed by atoms with Crippen LogP contribution in [0.25, 0.3) is 0 Å². The van der Waals surface area contributed by atoms with Crippen LogP contribution in [0, 0.1) is 17.3 Å². The summed E-state index contributed by atoms with van der Waals surface area (Å²) in [5.74, 6) is 1.04. The highest BCUT2D eigenvalue weighted by atomic mass is 16.5. The number of carbonyl (C=O) groups is 1. The monoisotopic (exact) mass is 256 g/mol. The van der Waals surface area contributed by atoms with E-state index in [1.165, 1.54) is 0 Å². The molecule has 0 aliphatic heterocycles. The zero-order valence-corrected chi connectivity index (χ0v) is 12.5. The van der Waals surface area contributed by atoms with Crippen LogP contribution in [-0.4, -0.2) is 23.3 Å². The van der Waals surface area contributed by atoms with Crippen LogP contribution in [0.1, 0.15) is 60.3 Å². The maximum atomic E-state index is 12.0. The third-order valence-electron chi connectivity index (χ3n) is 4.75. The Morgan fingerprint density at radius 3 is 2.28 bits per heavy atom. The summed E-state index contributed by atoms with van der Waals surface area (Å²) in [7, 11) is 0. The van der Waals surface area contributed by atoms with Crippen LogP contribution >= 0.6 is 0 Å². The minimum absolute atomic E-state index is 0.282. The highest BCUT2D eigenvalue weighted by molar-refractivity contribution is 5.77. The summed E-state index contributed by atoms with van der Waals surface area (Å²) in [6.45, 7) is 10.2. The molecule has 1 fully saturated rings. The SMILES string of the molecule is CCOC(=O)C(C)(C)C1(O)CCC(C(C)C)CC1. The van der Waals surface area contributed by atoms with Gasteiger partial charge in [0.25, 0.3) is 0 Å². The van der Waals surface area contributed by atoms with Crippen molar-refractivity contribution in [2.24, 2.45) is 17.3 Å². The second-order valence-electron chi connectivity index (χ2n) is 6.46. The van der Waals surface area contributed by atoms with Gasteiger partial charge in [0.05, 0.1) is 17.6 Å². The summed E-state index contributed by atoms with van der Waals surface area (Å²) in [5.41, 5.74) is -1.73. The van der Waals surface area contributed by atoms with Gasteiger partial charge >= 0.3 is 5.97 Å². The minimum atomic E-state index is -0.912. The molecule has 3 heteroatoms. The van der Waals surface area contributed by atoms with Gasteiger partial charge in [0, 0.05) is 0 Å². The van der Waals surface area contributed by atoms with Gasteiger partial charge in [0.15, 0.2) is 0 Å². The van der Waals surface area contributed by atoms with E-state index in [9.17, 15) is 9.90 Å². The van der Waals surface area contributed by atoms with Gasteiger partial charge < -0.3 is 9.84 Å². The van der Waals surface area contributed by atoms with E-state index < -0.39 is 11.0 Å². The first kappa shape index (κ1) is 15.5. The lowest BCUT2D eigenvalue weighted by Crippen LogP contribution is -2.52. The molecule has 106 valence electrons. The van der Waals surface area contributed by atoms with Crippen LogP contribution in [0.5, 0.6) is 0 Å². The van der Waals surface area contributed by atoms with Crippen LogP contribution in [0.2, 0.25) is 0 Å². The van der Waals surface area contributed by atoms with E-state index in [2.05, 4.69) is 13.8 Å². The Kier molecular flexibility index (Phi) is 4.82. The molecule has 0 aromatic rings. The van der Waals surface area contributed by atoms with E-state index in [1.807, 2.05) is 0 Å². The van der Waals surface area contributed by atoms with Crippen LogP contribution in [0.15, 0.2) is 0 Å². The highest BCUT2D eigenvalue weighted by Gasteiger charge is 2.51. The fourth-order valence-electron chi connectivity index (χ4n) is 2.91. The van der Waals surface area contributed by atoms with Crippen molar-refractivity contribution >= 4 is 5.97 Å². The average Bonchev–Trinajstić information content (AvgIpc) is 2.29. The van der Waals surface area contributed by atoms with Gasteiger partial charge in [-0.25, -0.2) is 0 Å². The molecule has 1 N–H and O–H groups in total. The number of aliphatic hydroxyl groups is 1. The molecular formula is C15H28O3. The topological polar surface area (TPSA) is 46.5 Å². The molecule has 0 unspecified atom stereocenters. The second kappa shape index (κ2) is 5.60. The molecule has 0 bridgehead atoms. The summed E-state index contributed by atoms with van der Waals surface area (Å²) in [6, 6.07) is 0. The van der Waals surface area contributed by atoms with E-state index in [0.29, 0.717) is 31.3 Å². The van der Waals surface area contributed by atoms with Gasteiger partial charge in [-0.05, 0) is 58.3 Å². The number of rotatable bonds is 4. The normalized spacial score (nSPS) is 29.4. The summed E-state index contributed by atoms with van der Waals surface area (Å²) >= 11 is 0. The molecule has 0 aromatic carbocycles. The van der Waals surface area contributed by atoms with E-state index in [0.717, 1.165) is 12.8 Å². The van der Waals surface area contributed by atoms with Gasteiger partial charge in [-0.15, -0.1) is 0 Å². The summed E-state index contributed by atoms with van der Waals surface area (Å²) in [4.78, 5) is 12.0. The summed E-state index contributed by atoms with van der Waals surface area (Å²) in [6.07, 6.45) is 3.39. The Labute approximate surface area is 111 Å². The Hall–Kier alpha value is -0.570. The van der Waals surface area contributed by atoms with E-state index in [-0.39, 0.29) is 5.97 Å². The first-order valence-corrected chi connectivity index (χ1v) is 7.14. The lowest BCUT2D eigenvalue weighted by molar-refractivity contribution is -0.176. The smallest absolute Gasteiger partial charge is 0.314 e. The second-order valence-corrected chi connectivity index (χ2v) is 6.46. The first-order valence-electron chi connectivity index (χ1n) is 7.14. The van der Waals surface area contributed by atoms with Crippen molar-refractivity contribution in [2.75, 3.05) is 6.61 Å². The molecule has 0 saturated heterocycles. The van der Waals surface area contributed by atoms with Crippen molar-refractivity contribution in [1.29, 1.82) is 0 Å². The quantitative estimate of drug-likeness (QED) is 0.786. The summed E-state index contributed by atoms with van der Waals surface area (Å²) < 4.78 is 5.10. The number of carbonyl (C=O) groups excluding carboxylic acids is 1. The number of hydrogen-bond acceptors (Lipinski definition) is 3. The molecule has 0 atom stereocenters. The molecule has 0 spiro atoms. The molecule has 0 radical (unpaired) electrons. The van der Waals surface area contributed by atoms with Gasteiger partial charge in [-0.1, -0.05) is 13.8 Å². The van der Waals surface area contributed by atoms with Gasteiger partial charge in [-0.3, -0.25) is 4.79 Å². The molecular weight excluding hydrogens is 228 g/mol. The predicted molar refractivity (Wildman–Crippen MR) is 72.2 cm³/mol. The molecule has 1 aliphatic carbocycles. The fraction of sp³-hybridized carbons (Fsp3) is 0.933. The maximum Gasteiger partial charge on any atom is 0.314 e. The van der Waals surface area contributed by atoms with Crippen LogP contribution < -0.4 is 0 Å². The Morgan fingerprint density at radius 1 is 1.39 bits per heavy atom. The van der Waals surface area contributed by atoms with Crippen LogP contribution in [-0.2, 0) is 9.53 Å². The first-order chi connectivity index (χ1) is 8.24. The number of hydrogen-bond donors (Lipinski definition) is 1. The van der Waals surface area contributed by atoms with Gasteiger partial charge in [0.2, 0.25) is 0 Å². The standard InChI is InChI=1S/C15H28O3/c1-6-18-13(16)14(4,5)15(17)9-7-12(8-10-15)11(2)3/h11-12,17H,6-10H2,1-5H3. The predicted octanol–water partition coefficient (Wildman–Crippen LogP) is 3.15. The molecule has 3 nitrogen and oxygen atoms in total. The summed E-state index contributed by atoms with van der Waals surface area (Å²) in [5, 5.41) is 10.8. The third-order valence-corrected chi connectivity index (χ3v) is 4.75. The van der Waals surface area contributed by atoms with Crippen molar-refractivity contribution in [2.45, 2.75) is 65.9 Å². The molecule has 1 aliphatic rings. The zero-order valence-electron chi connectivity index (χ0n) is 12.5. The van der Waals surface area contributed by atoms with Gasteiger partial charge in [-0.2, -0.15) is 0 Å². The fourth-order valence-corrected chi connectivity index (χ4v) is 2.91.